The van der Waals surface area contributed by atoms with Crippen molar-refractivity contribution in [2.75, 3.05) is 22.9 Å². The number of para-hydroxylation sites is 1. The van der Waals surface area contributed by atoms with E-state index < -0.39 is 0 Å². The summed E-state index contributed by atoms with van der Waals surface area (Å²) >= 11 is 5.04. The first-order valence-corrected chi connectivity index (χ1v) is 8.81. The highest BCUT2D eigenvalue weighted by atomic mass is 127. The van der Waals surface area contributed by atoms with E-state index in [1.54, 1.807) is 0 Å². The molecule has 1 heterocycles. The van der Waals surface area contributed by atoms with Crippen molar-refractivity contribution in [1.82, 2.24) is 10.2 Å². The molecule has 0 aliphatic rings. The molecule has 0 radical (unpaired) electrons. The second-order valence-corrected chi connectivity index (χ2v) is 7.08. The van der Waals surface area contributed by atoms with Crippen LogP contribution in [-0.4, -0.2) is 28.4 Å². The van der Waals surface area contributed by atoms with Crippen LogP contribution in [0.15, 0.2) is 28.6 Å². The topological polar surface area (TPSA) is 66.9 Å². The lowest BCUT2D eigenvalue weighted by Gasteiger charge is -2.05. The van der Waals surface area contributed by atoms with Crippen LogP contribution in [0.1, 0.15) is 6.92 Å². The number of amides is 1. The SMILES string of the molecule is CCNc1nnc(SCC(=O)Nc2ccccc2I)s1. The van der Waals surface area contributed by atoms with Gasteiger partial charge in [0.15, 0.2) is 4.34 Å². The van der Waals surface area contributed by atoms with Crippen LogP contribution in [0.3, 0.4) is 0 Å². The van der Waals surface area contributed by atoms with E-state index in [1.807, 2.05) is 31.2 Å². The van der Waals surface area contributed by atoms with Gasteiger partial charge in [0, 0.05) is 10.1 Å². The Morgan fingerprint density at radius 3 is 2.95 bits per heavy atom. The van der Waals surface area contributed by atoms with Crippen molar-refractivity contribution in [1.29, 1.82) is 0 Å². The van der Waals surface area contributed by atoms with E-state index in [0.717, 1.165) is 25.3 Å². The second kappa shape index (κ2) is 7.79. The van der Waals surface area contributed by atoms with Gasteiger partial charge in [0.1, 0.15) is 0 Å². The number of nitrogens with zero attached hydrogens (tertiary/aromatic N) is 2. The third-order valence-corrected chi connectivity index (χ3v) is 5.16. The van der Waals surface area contributed by atoms with E-state index in [1.165, 1.54) is 23.1 Å². The summed E-state index contributed by atoms with van der Waals surface area (Å²) in [6, 6.07) is 7.68. The molecule has 2 aromatic rings. The summed E-state index contributed by atoms with van der Waals surface area (Å²) in [5, 5.41) is 14.8. The molecule has 1 aromatic carbocycles. The molecular weight excluding hydrogens is 407 g/mol. The Labute approximate surface area is 139 Å². The van der Waals surface area contributed by atoms with Crippen molar-refractivity contribution in [3.63, 3.8) is 0 Å². The molecule has 0 unspecified atom stereocenters. The first kappa shape index (κ1) is 15.5. The number of thioether (sulfide) groups is 1. The fourth-order valence-electron chi connectivity index (χ4n) is 1.37. The molecule has 0 aliphatic carbocycles. The first-order chi connectivity index (χ1) is 9.69. The molecule has 2 rings (SSSR count). The molecule has 5 nitrogen and oxygen atoms in total. The van der Waals surface area contributed by atoms with E-state index in [2.05, 4.69) is 43.4 Å². The molecule has 1 amide bonds. The molecule has 0 spiro atoms. The summed E-state index contributed by atoms with van der Waals surface area (Å²) in [6.07, 6.45) is 0. The highest BCUT2D eigenvalue weighted by Crippen LogP contribution is 2.25. The van der Waals surface area contributed by atoms with Gasteiger partial charge in [0.2, 0.25) is 11.0 Å². The maximum Gasteiger partial charge on any atom is 0.234 e. The number of carbonyl (C=O) groups is 1. The van der Waals surface area contributed by atoms with Gasteiger partial charge in [-0.2, -0.15) is 0 Å². The Morgan fingerprint density at radius 2 is 2.20 bits per heavy atom. The van der Waals surface area contributed by atoms with Crippen molar-refractivity contribution in [2.45, 2.75) is 11.3 Å². The third kappa shape index (κ3) is 4.60. The van der Waals surface area contributed by atoms with Gasteiger partial charge in [-0.05, 0) is 41.6 Å². The van der Waals surface area contributed by atoms with E-state index in [9.17, 15) is 4.79 Å². The number of carbonyl (C=O) groups excluding carboxylic acids is 1. The Balaban J connectivity index is 1.84. The number of hydrogen-bond donors (Lipinski definition) is 2. The van der Waals surface area contributed by atoms with Gasteiger partial charge in [0.25, 0.3) is 0 Å². The number of anilines is 2. The molecule has 0 saturated heterocycles. The number of halogens is 1. The third-order valence-electron chi connectivity index (χ3n) is 2.21. The standard InChI is InChI=1S/C12H13IN4OS2/c1-2-14-11-16-17-12(20-11)19-7-10(18)15-9-6-4-3-5-8(9)13/h3-6H,2,7H2,1H3,(H,14,16)(H,15,18). The smallest absolute Gasteiger partial charge is 0.234 e. The fraction of sp³-hybridized carbons (Fsp3) is 0.250. The van der Waals surface area contributed by atoms with E-state index in [4.69, 9.17) is 0 Å². The Bertz CT molecular complexity index is 590. The van der Waals surface area contributed by atoms with Gasteiger partial charge < -0.3 is 10.6 Å². The fourth-order valence-corrected chi connectivity index (χ4v) is 3.51. The Hall–Kier alpha value is -0.870. The number of nitrogens with one attached hydrogen (secondary N) is 2. The Kier molecular flexibility index (Phi) is 6.05. The van der Waals surface area contributed by atoms with Crippen LogP contribution in [0.5, 0.6) is 0 Å². The predicted molar refractivity (Wildman–Crippen MR) is 92.6 cm³/mol. The zero-order valence-corrected chi connectivity index (χ0v) is 14.5. The van der Waals surface area contributed by atoms with Crippen molar-refractivity contribution in [3.8, 4) is 0 Å². The first-order valence-electron chi connectivity index (χ1n) is 5.93. The minimum Gasteiger partial charge on any atom is -0.360 e. The quantitative estimate of drug-likeness (QED) is 0.555. The molecule has 0 fully saturated rings. The van der Waals surface area contributed by atoms with Crippen molar-refractivity contribution in [3.05, 3.63) is 27.8 Å². The van der Waals surface area contributed by atoms with Crippen LogP contribution in [0.4, 0.5) is 10.8 Å². The molecule has 8 heteroatoms. The number of aromatic nitrogens is 2. The lowest BCUT2D eigenvalue weighted by atomic mass is 10.3. The summed E-state index contributed by atoms with van der Waals surface area (Å²) in [4.78, 5) is 11.9. The molecule has 20 heavy (non-hydrogen) atoms. The normalized spacial score (nSPS) is 10.3. The largest absolute Gasteiger partial charge is 0.360 e. The van der Waals surface area contributed by atoms with E-state index >= 15 is 0 Å². The summed E-state index contributed by atoms with van der Waals surface area (Å²) < 4.78 is 1.81. The zero-order chi connectivity index (χ0) is 14.4. The monoisotopic (exact) mass is 420 g/mol. The van der Waals surface area contributed by atoms with Gasteiger partial charge >= 0.3 is 0 Å². The lowest BCUT2D eigenvalue weighted by molar-refractivity contribution is -0.113. The van der Waals surface area contributed by atoms with Crippen LogP contribution < -0.4 is 10.6 Å². The summed E-state index contributed by atoms with van der Waals surface area (Å²) in [5.41, 5.74) is 0.837. The molecule has 0 saturated carbocycles. The average molecular weight is 420 g/mol. The molecule has 106 valence electrons. The minimum atomic E-state index is -0.0423. The van der Waals surface area contributed by atoms with Crippen LogP contribution in [-0.2, 0) is 4.79 Å². The van der Waals surface area contributed by atoms with Crippen molar-refractivity contribution >= 4 is 62.4 Å². The van der Waals surface area contributed by atoms with Gasteiger partial charge in [-0.3, -0.25) is 4.79 Å². The second-order valence-electron chi connectivity index (χ2n) is 3.72. The molecule has 0 bridgehead atoms. The van der Waals surface area contributed by atoms with E-state index in [0.29, 0.717) is 5.75 Å². The minimum absolute atomic E-state index is 0.0423. The average Bonchev–Trinajstić information content (AvgIpc) is 2.87. The number of benzene rings is 1. The van der Waals surface area contributed by atoms with Crippen LogP contribution in [0.2, 0.25) is 0 Å². The maximum absolute atomic E-state index is 11.9. The van der Waals surface area contributed by atoms with Gasteiger partial charge in [-0.1, -0.05) is 35.2 Å². The Morgan fingerprint density at radius 1 is 1.40 bits per heavy atom. The van der Waals surface area contributed by atoms with Crippen LogP contribution in [0.25, 0.3) is 0 Å². The highest BCUT2D eigenvalue weighted by molar-refractivity contribution is 14.1. The molecular formula is C12H13IN4OS2. The molecule has 0 aliphatic heterocycles. The van der Waals surface area contributed by atoms with Crippen molar-refractivity contribution in [2.24, 2.45) is 0 Å². The molecule has 2 N–H and O–H groups in total. The van der Waals surface area contributed by atoms with Crippen LogP contribution in [0, 0.1) is 3.57 Å². The van der Waals surface area contributed by atoms with Gasteiger partial charge in [-0.25, -0.2) is 0 Å². The summed E-state index contributed by atoms with van der Waals surface area (Å²) in [7, 11) is 0. The lowest BCUT2D eigenvalue weighted by Crippen LogP contribution is -2.14. The molecule has 1 aromatic heterocycles. The van der Waals surface area contributed by atoms with Gasteiger partial charge in [-0.15, -0.1) is 10.2 Å². The molecule has 0 atom stereocenters. The number of rotatable bonds is 6. The van der Waals surface area contributed by atoms with Gasteiger partial charge in [0.05, 0.1) is 11.4 Å². The number of hydrogen-bond acceptors (Lipinski definition) is 6. The zero-order valence-electron chi connectivity index (χ0n) is 10.7. The summed E-state index contributed by atoms with van der Waals surface area (Å²) in [6.45, 7) is 2.81. The predicted octanol–water partition coefficient (Wildman–Crippen LogP) is 3.31. The van der Waals surface area contributed by atoms with E-state index in [-0.39, 0.29) is 5.91 Å². The van der Waals surface area contributed by atoms with Crippen LogP contribution >= 0.6 is 45.7 Å². The summed E-state index contributed by atoms with van der Waals surface area (Å²) in [5.74, 6) is 0.283. The maximum atomic E-state index is 11.9. The van der Waals surface area contributed by atoms with Crippen molar-refractivity contribution < 1.29 is 4.79 Å². The highest BCUT2D eigenvalue weighted by Gasteiger charge is 2.09.